The third kappa shape index (κ3) is 5.03. The number of carbonyl (C=O) groups excluding carboxylic acids is 1. The van der Waals surface area contributed by atoms with Crippen LogP contribution in [0.1, 0.15) is 29.6 Å². The largest absolute Gasteiger partial charge is 0.378 e. The van der Waals surface area contributed by atoms with Crippen LogP contribution in [0, 0.1) is 0 Å². The Bertz CT molecular complexity index is 1030. The Balaban J connectivity index is 1.67. The van der Waals surface area contributed by atoms with E-state index in [-0.39, 0.29) is 10.8 Å². The van der Waals surface area contributed by atoms with Gasteiger partial charge in [-0.2, -0.15) is 4.31 Å². The van der Waals surface area contributed by atoms with E-state index >= 15 is 0 Å². The molecule has 1 amide bonds. The number of ether oxygens (including phenoxy) is 1. The minimum Gasteiger partial charge on any atom is -0.378 e. The van der Waals surface area contributed by atoms with E-state index in [0.717, 1.165) is 24.9 Å². The predicted molar refractivity (Wildman–Crippen MR) is 121 cm³/mol. The van der Waals surface area contributed by atoms with Crippen molar-refractivity contribution in [3.63, 3.8) is 0 Å². The van der Waals surface area contributed by atoms with Crippen molar-refractivity contribution in [1.29, 1.82) is 0 Å². The first kappa shape index (κ1) is 22.1. The summed E-state index contributed by atoms with van der Waals surface area (Å²) >= 11 is 5.93. The maximum Gasteiger partial charge on any atom is 0.255 e. The Morgan fingerprint density at radius 2 is 1.61 bits per heavy atom. The lowest BCUT2D eigenvalue weighted by molar-refractivity contribution is 0.102. The smallest absolute Gasteiger partial charge is 0.255 e. The van der Waals surface area contributed by atoms with Crippen molar-refractivity contribution < 1.29 is 17.9 Å². The van der Waals surface area contributed by atoms with Gasteiger partial charge >= 0.3 is 0 Å². The molecule has 0 atom stereocenters. The number of morpholine rings is 1. The van der Waals surface area contributed by atoms with Gasteiger partial charge in [-0.05, 0) is 55.3 Å². The molecule has 2 aliphatic heterocycles. The summed E-state index contributed by atoms with van der Waals surface area (Å²) in [5, 5.41) is 3.45. The first-order valence-corrected chi connectivity index (χ1v) is 12.3. The maximum atomic E-state index is 13.2. The second kappa shape index (κ2) is 9.56. The summed E-state index contributed by atoms with van der Waals surface area (Å²) in [6.45, 7) is 3.56. The van der Waals surface area contributed by atoms with Crippen molar-refractivity contribution in [3.05, 3.63) is 53.1 Å². The highest BCUT2D eigenvalue weighted by molar-refractivity contribution is 7.89. The summed E-state index contributed by atoms with van der Waals surface area (Å²) < 4.78 is 33.3. The highest BCUT2D eigenvalue weighted by atomic mass is 35.5. The molecule has 0 saturated carbocycles. The minimum atomic E-state index is -3.62. The molecule has 4 rings (SSSR count). The van der Waals surface area contributed by atoms with E-state index in [0.29, 0.717) is 55.7 Å². The molecule has 166 valence electrons. The summed E-state index contributed by atoms with van der Waals surface area (Å²) in [6, 6.07) is 11.6. The Morgan fingerprint density at radius 1 is 0.935 bits per heavy atom. The first-order valence-electron chi connectivity index (χ1n) is 10.5. The van der Waals surface area contributed by atoms with E-state index < -0.39 is 10.0 Å². The average Bonchev–Trinajstić information content (AvgIpc) is 2.80. The molecular formula is C22H26ClN3O4S. The van der Waals surface area contributed by atoms with E-state index in [1.54, 1.807) is 42.5 Å². The third-order valence-electron chi connectivity index (χ3n) is 5.63. The van der Waals surface area contributed by atoms with Gasteiger partial charge in [-0.25, -0.2) is 8.42 Å². The minimum absolute atomic E-state index is 0.192. The van der Waals surface area contributed by atoms with Crippen LogP contribution in [-0.4, -0.2) is 58.0 Å². The number of nitrogens with one attached hydrogen (secondary N) is 1. The molecule has 2 aliphatic rings. The standard InChI is InChI=1S/C22H26ClN3O4S/c23-18-6-4-17(5-7-18)22(27)24-20-16-19(31(28,29)26-10-2-1-3-11-26)8-9-21(20)25-12-14-30-15-13-25/h4-9,16H,1-3,10-15H2,(H,24,27). The van der Waals surface area contributed by atoms with Crippen LogP contribution < -0.4 is 10.2 Å². The van der Waals surface area contributed by atoms with E-state index in [9.17, 15) is 13.2 Å². The predicted octanol–water partition coefficient (Wildman–Crippen LogP) is 3.60. The number of sulfonamides is 1. The highest BCUT2D eigenvalue weighted by Gasteiger charge is 2.27. The molecule has 2 fully saturated rings. The SMILES string of the molecule is O=C(Nc1cc(S(=O)(=O)N2CCCCC2)ccc1N1CCOCC1)c1ccc(Cl)cc1. The van der Waals surface area contributed by atoms with Crippen LogP contribution in [-0.2, 0) is 14.8 Å². The topological polar surface area (TPSA) is 79.0 Å². The molecule has 7 nitrogen and oxygen atoms in total. The number of hydrogen-bond donors (Lipinski definition) is 1. The Labute approximate surface area is 188 Å². The summed E-state index contributed by atoms with van der Waals surface area (Å²) in [5.74, 6) is -0.321. The summed E-state index contributed by atoms with van der Waals surface area (Å²) in [6.07, 6.45) is 2.78. The van der Waals surface area contributed by atoms with Crippen molar-refractivity contribution in [2.45, 2.75) is 24.2 Å². The molecular weight excluding hydrogens is 438 g/mol. The normalized spacial score (nSPS) is 18.0. The molecule has 1 N–H and O–H groups in total. The van der Waals surface area contributed by atoms with Crippen molar-refractivity contribution in [2.75, 3.05) is 49.6 Å². The van der Waals surface area contributed by atoms with Gasteiger partial charge in [0.05, 0.1) is 29.5 Å². The van der Waals surface area contributed by atoms with Gasteiger partial charge in [0, 0.05) is 36.8 Å². The fourth-order valence-corrected chi connectivity index (χ4v) is 5.58. The van der Waals surface area contributed by atoms with Gasteiger partial charge in [-0.1, -0.05) is 18.0 Å². The van der Waals surface area contributed by atoms with Crippen molar-refractivity contribution in [2.24, 2.45) is 0 Å². The zero-order valence-corrected chi connectivity index (χ0v) is 18.8. The number of halogens is 1. The molecule has 0 aromatic heterocycles. The van der Waals surface area contributed by atoms with Crippen LogP contribution in [0.15, 0.2) is 47.4 Å². The zero-order chi connectivity index (χ0) is 21.8. The summed E-state index contributed by atoms with van der Waals surface area (Å²) in [7, 11) is -3.62. The fraction of sp³-hybridized carbons (Fsp3) is 0.409. The molecule has 2 heterocycles. The third-order valence-corrected chi connectivity index (χ3v) is 7.77. The van der Waals surface area contributed by atoms with E-state index in [1.807, 2.05) is 0 Å². The number of carbonyl (C=O) groups is 1. The Morgan fingerprint density at radius 3 is 2.29 bits per heavy atom. The van der Waals surface area contributed by atoms with Gasteiger partial charge in [0.1, 0.15) is 0 Å². The van der Waals surface area contributed by atoms with Crippen molar-refractivity contribution >= 4 is 38.9 Å². The number of amides is 1. The second-order valence-electron chi connectivity index (χ2n) is 7.70. The molecule has 31 heavy (non-hydrogen) atoms. The lowest BCUT2D eigenvalue weighted by Crippen LogP contribution is -2.37. The van der Waals surface area contributed by atoms with Gasteiger partial charge in [-0.3, -0.25) is 4.79 Å². The van der Waals surface area contributed by atoms with Crippen molar-refractivity contribution in [3.8, 4) is 0 Å². The molecule has 9 heteroatoms. The number of benzene rings is 2. The first-order chi connectivity index (χ1) is 14.9. The van der Waals surface area contributed by atoms with Crippen LogP contribution in [0.2, 0.25) is 5.02 Å². The lowest BCUT2D eigenvalue weighted by atomic mass is 10.2. The van der Waals surface area contributed by atoms with Gasteiger partial charge in [-0.15, -0.1) is 0 Å². The van der Waals surface area contributed by atoms with Crippen molar-refractivity contribution in [1.82, 2.24) is 4.31 Å². The van der Waals surface area contributed by atoms with Gasteiger partial charge in [0.25, 0.3) is 5.91 Å². The van der Waals surface area contributed by atoms with Crippen LogP contribution >= 0.6 is 11.6 Å². The molecule has 2 saturated heterocycles. The Hall–Kier alpha value is -2.13. The lowest BCUT2D eigenvalue weighted by Gasteiger charge is -2.31. The molecule has 2 aromatic rings. The van der Waals surface area contributed by atoms with Gasteiger partial charge < -0.3 is 15.0 Å². The van der Waals surface area contributed by atoms with E-state index in [1.165, 1.54) is 4.31 Å². The maximum absolute atomic E-state index is 13.2. The van der Waals surface area contributed by atoms with Crippen LogP contribution in [0.4, 0.5) is 11.4 Å². The number of anilines is 2. The van der Waals surface area contributed by atoms with E-state index in [4.69, 9.17) is 16.3 Å². The summed E-state index contributed by atoms with van der Waals surface area (Å²) in [5.41, 5.74) is 1.70. The van der Waals surface area contributed by atoms with Crippen LogP contribution in [0.5, 0.6) is 0 Å². The molecule has 2 aromatic carbocycles. The molecule has 0 radical (unpaired) electrons. The van der Waals surface area contributed by atoms with E-state index in [2.05, 4.69) is 10.2 Å². The second-order valence-corrected chi connectivity index (χ2v) is 10.1. The number of piperidine rings is 1. The number of rotatable bonds is 5. The number of hydrogen-bond acceptors (Lipinski definition) is 5. The molecule has 0 bridgehead atoms. The molecule has 0 unspecified atom stereocenters. The van der Waals surface area contributed by atoms with Crippen LogP contribution in [0.3, 0.4) is 0 Å². The Kier molecular flexibility index (Phi) is 6.81. The van der Waals surface area contributed by atoms with Crippen LogP contribution in [0.25, 0.3) is 0 Å². The quantitative estimate of drug-likeness (QED) is 0.732. The molecule has 0 spiro atoms. The zero-order valence-electron chi connectivity index (χ0n) is 17.2. The van der Waals surface area contributed by atoms with Gasteiger partial charge in [0.15, 0.2) is 0 Å². The molecule has 0 aliphatic carbocycles. The summed E-state index contributed by atoms with van der Waals surface area (Å²) in [4.78, 5) is 15.2. The fourth-order valence-electron chi connectivity index (χ4n) is 3.91. The number of nitrogens with zero attached hydrogens (tertiary/aromatic N) is 2. The average molecular weight is 464 g/mol. The van der Waals surface area contributed by atoms with Gasteiger partial charge in [0.2, 0.25) is 10.0 Å². The monoisotopic (exact) mass is 463 g/mol. The highest BCUT2D eigenvalue weighted by Crippen LogP contribution is 2.32.